The summed E-state index contributed by atoms with van der Waals surface area (Å²) in [5.41, 5.74) is 1.77. The zero-order valence-electron chi connectivity index (χ0n) is 9.65. The number of hydrogen-bond acceptors (Lipinski definition) is 4. The van der Waals surface area contributed by atoms with Gasteiger partial charge in [-0.1, -0.05) is 12.1 Å². The largest absolute Gasteiger partial charge is 0.333 e. The Balaban J connectivity index is 1.91. The Kier molecular flexibility index (Phi) is 2.70. The highest BCUT2D eigenvalue weighted by Gasteiger charge is 2.26. The van der Waals surface area contributed by atoms with E-state index in [1.807, 2.05) is 24.3 Å². The van der Waals surface area contributed by atoms with Crippen LogP contribution in [0.5, 0.6) is 0 Å². The van der Waals surface area contributed by atoms with Crippen LogP contribution in [-0.2, 0) is 0 Å². The Labute approximate surface area is 100 Å². The lowest BCUT2D eigenvalue weighted by Crippen LogP contribution is -2.57. The maximum Gasteiger partial charge on any atom is 0.254 e. The van der Waals surface area contributed by atoms with Gasteiger partial charge in [0.15, 0.2) is 0 Å². The van der Waals surface area contributed by atoms with Gasteiger partial charge in [-0.05, 0) is 12.1 Å². The molecule has 0 saturated carbocycles. The van der Waals surface area contributed by atoms with Crippen LogP contribution in [0.4, 0.5) is 5.69 Å². The van der Waals surface area contributed by atoms with Crippen LogP contribution >= 0.6 is 0 Å². The molecule has 0 bridgehead atoms. The molecule has 1 amide bonds. The molecule has 0 unspecified atom stereocenters. The van der Waals surface area contributed by atoms with Gasteiger partial charge in [0, 0.05) is 26.2 Å². The highest BCUT2D eigenvalue weighted by Crippen LogP contribution is 2.24. The minimum absolute atomic E-state index is 0.0204. The average molecular weight is 232 g/mol. The Bertz CT molecular complexity index is 428. The number of hydrogen-bond donors (Lipinski definition) is 2. The molecular weight excluding hydrogens is 216 g/mol. The summed E-state index contributed by atoms with van der Waals surface area (Å²) >= 11 is 0. The normalized spacial score (nSPS) is 20.9. The number of para-hydroxylation sites is 1. The molecule has 1 aromatic rings. The van der Waals surface area contributed by atoms with Crippen LogP contribution in [0.25, 0.3) is 0 Å². The van der Waals surface area contributed by atoms with Crippen molar-refractivity contribution < 1.29 is 4.79 Å². The fraction of sp³-hybridized carbons (Fsp3) is 0.417. The number of fused-ring (bicyclic) bond motifs is 1. The van der Waals surface area contributed by atoms with E-state index in [9.17, 15) is 4.79 Å². The fourth-order valence-corrected chi connectivity index (χ4v) is 2.36. The Hall–Kier alpha value is -1.59. The predicted molar refractivity (Wildman–Crippen MR) is 65.7 cm³/mol. The SMILES string of the molecule is O=C1NCN(N2CCNCC2)c2ccccc21. The van der Waals surface area contributed by atoms with Crippen molar-refractivity contribution in [2.45, 2.75) is 0 Å². The minimum atomic E-state index is 0.0204. The van der Waals surface area contributed by atoms with E-state index in [0.29, 0.717) is 6.67 Å². The van der Waals surface area contributed by atoms with Crippen molar-refractivity contribution in [2.75, 3.05) is 37.9 Å². The van der Waals surface area contributed by atoms with Crippen molar-refractivity contribution in [2.24, 2.45) is 0 Å². The summed E-state index contributed by atoms with van der Waals surface area (Å²) < 4.78 is 0. The highest BCUT2D eigenvalue weighted by atomic mass is 16.2. The second-order valence-electron chi connectivity index (χ2n) is 4.28. The molecule has 1 aromatic carbocycles. The number of benzene rings is 1. The van der Waals surface area contributed by atoms with E-state index < -0.39 is 0 Å². The van der Waals surface area contributed by atoms with Gasteiger partial charge >= 0.3 is 0 Å². The molecule has 1 fully saturated rings. The first kappa shape index (κ1) is 10.6. The fourth-order valence-electron chi connectivity index (χ4n) is 2.36. The number of nitrogens with zero attached hydrogens (tertiary/aromatic N) is 2. The zero-order chi connectivity index (χ0) is 11.7. The zero-order valence-corrected chi connectivity index (χ0v) is 9.65. The molecule has 0 radical (unpaired) electrons. The van der Waals surface area contributed by atoms with Crippen LogP contribution in [0.2, 0.25) is 0 Å². The summed E-state index contributed by atoms with van der Waals surface area (Å²) in [6.45, 7) is 4.50. The Morgan fingerprint density at radius 1 is 1.12 bits per heavy atom. The molecule has 5 nitrogen and oxygen atoms in total. The van der Waals surface area contributed by atoms with E-state index in [0.717, 1.165) is 37.4 Å². The van der Waals surface area contributed by atoms with E-state index in [-0.39, 0.29) is 5.91 Å². The summed E-state index contributed by atoms with van der Waals surface area (Å²) in [6.07, 6.45) is 0. The number of amides is 1. The van der Waals surface area contributed by atoms with Crippen molar-refractivity contribution in [1.29, 1.82) is 0 Å². The van der Waals surface area contributed by atoms with Crippen LogP contribution in [0.15, 0.2) is 24.3 Å². The molecule has 2 aliphatic heterocycles. The molecule has 17 heavy (non-hydrogen) atoms. The molecular formula is C12H16N4O. The quantitative estimate of drug-likeness (QED) is 0.716. The molecule has 0 aromatic heterocycles. The highest BCUT2D eigenvalue weighted by molar-refractivity contribution is 6.01. The summed E-state index contributed by atoms with van der Waals surface area (Å²) in [5, 5.41) is 10.7. The lowest BCUT2D eigenvalue weighted by Gasteiger charge is -2.41. The van der Waals surface area contributed by atoms with Crippen molar-refractivity contribution in [3.8, 4) is 0 Å². The van der Waals surface area contributed by atoms with E-state index in [1.54, 1.807) is 0 Å². The summed E-state index contributed by atoms with van der Waals surface area (Å²) in [7, 11) is 0. The number of carbonyl (C=O) groups is 1. The monoisotopic (exact) mass is 232 g/mol. The summed E-state index contributed by atoms with van der Waals surface area (Å²) in [5.74, 6) is 0.0204. The Morgan fingerprint density at radius 3 is 2.71 bits per heavy atom. The van der Waals surface area contributed by atoms with E-state index in [4.69, 9.17) is 0 Å². The maximum absolute atomic E-state index is 11.7. The number of anilines is 1. The van der Waals surface area contributed by atoms with Gasteiger partial charge in [-0.2, -0.15) is 0 Å². The number of rotatable bonds is 1. The van der Waals surface area contributed by atoms with Gasteiger partial charge in [0.1, 0.15) is 6.67 Å². The van der Waals surface area contributed by atoms with Gasteiger partial charge in [-0.25, -0.2) is 5.01 Å². The molecule has 0 atom stereocenters. The van der Waals surface area contributed by atoms with Crippen molar-refractivity contribution in [3.05, 3.63) is 29.8 Å². The molecule has 0 aliphatic carbocycles. The lowest BCUT2D eigenvalue weighted by atomic mass is 10.1. The molecule has 0 spiro atoms. The third-order valence-electron chi connectivity index (χ3n) is 3.25. The van der Waals surface area contributed by atoms with Gasteiger partial charge in [-0.3, -0.25) is 9.80 Å². The van der Waals surface area contributed by atoms with E-state index >= 15 is 0 Å². The topological polar surface area (TPSA) is 47.6 Å². The number of hydrazine groups is 1. The van der Waals surface area contributed by atoms with Gasteiger partial charge in [-0.15, -0.1) is 0 Å². The summed E-state index contributed by atoms with van der Waals surface area (Å²) in [4.78, 5) is 11.7. The standard InChI is InChI=1S/C12H16N4O/c17-12-10-3-1-2-4-11(10)16(9-14-12)15-7-5-13-6-8-15/h1-4,13H,5-9H2,(H,14,17). The molecule has 5 heteroatoms. The van der Waals surface area contributed by atoms with Gasteiger partial charge in [0.25, 0.3) is 5.91 Å². The van der Waals surface area contributed by atoms with Crippen LogP contribution in [0.1, 0.15) is 10.4 Å². The molecule has 90 valence electrons. The van der Waals surface area contributed by atoms with Gasteiger partial charge in [0.05, 0.1) is 11.3 Å². The number of piperazine rings is 1. The molecule has 3 rings (SSSR count). The average Bonchev–Trinajstić information content (AvgIpc) is 2.41. The van der Waals surface area contributed by atoms with Crippen molar-refractivity contribution in [1.82, 2.24) is 15.6 Å². The van der Waals surface area contributed by atoms with Crippen LogP contribution < -0.4 is 15.6 Å². The lowest BCUT2D eigenvalue weighted by molar-refractivity contribution is 0.0928. The van der Waals surface area contributed by atoms with Crippen LogP contribution in [0, 0.1) is 0 Å². The third-order valence-corrected chi connectivity index (χ3v) is 3.25. The van der Waals surface area contributed by atoms with Crippen LogP contribution in [0.3, 0.4) is 0 Å². The second-order valence-corrected chi connectivity index (χ2v) is 4.28. The third kappa shape index (κ3) is 1.87. The second kappa shape index (κ2) is 4.35. The van der Waals surface area contributed by atoms with E-state index in [2.05, 4.69) is 20.7 Å². The first-order chi connectivity index (χ1) is 8.36. The maximum atomic E-state index is 11.7. The molecule has 2 aliphatic rings. The van der Waals surface area contributed by atoms with Crippen LogP contribution in [-0.4, -0.2) is 43.8 Å². The minimum Gasteiger partial charge on any atom is -0.333 e. The predicted octanol–water partition coefficient (Wildman–Crippen LogP) is 0.0141. The van der Waals surface area contributed by atoms with Gasteiger partial charge in [0.2, 0.25) is 0 Å². The first-order valence-electron chi connectivity index (χ1n) is 5.96. The molecule has 2 heterocycles. The number of carbonyl (C=O) groups excluding carboxylic acids is 1. The van der Waals surface area contributed by atoms with E-state index in [1.165, 1.54) is 0 Å². The number of nitrogens with one attached hydrogen (secondary N) is 2. The Morgan fingerprint density at radius 2 is 1.88 bits per heavy atom. The molecule has 2 N–H and O–H groups in total. The first-order valence-corrected chi connectivity index (χ1v) is 5.96. The molecule has 1 saturated heterocycles. The summed E-state index contributed by atoms with van der Waals surface area (Å²) in [6, 6.07) is 7.77. The van der Waals surface area contributed by atoms with Crippen molar-refractivity contribution in [3.63, 3.8) is 0 Å². The smallest absolute Gasteiger partial charge is 0.254 e. The van der Waals surface area contributed by atoms with Gasteiger partial charge < -0.3 is 10.6 Å². The van der Waals surface area contributed by atoms with Crippen molar-refractivity contribution >= 4 is 11.6 Å².